The number of carbonyl (C=O) groups excluding carboxylic acids is 2. The van der Waals surface area contributed by atoms with Crippen molar-refractivity contribution in [3.05, 3.63) is 41.9 Å². The summed E-state index contributed by atoms with van der Waals surface area (Å²) in [6, 6.07) is 5.04. The number of carbonyl (C=O) groups is 3. The molecule has 196 valence electrons. The topological polar surface area (TPSA) is 107 Å². The number of aliphatic carboxylic acids is 1. The summed E-state index contributed by atoms with van der Waals surface area (Å²) in [5.74, 6) is -4.35. The number of carboxylic acids is 1. The Morgan fingerprint density at radius 2 is 2.00 bits per heavy atom. The quantitative estimate of drug-likeness (QED) is 0.485. The highest BCUT2D eigenvalue weighted by Gasteiger charge is 2.80. The zero-order valence-corrected chi connectivity index (χ0v) is 21.9. The first-order valence-corrected chi connectivity index (χ1v) is 12.9. The van der Waals surface area contributed by atoms with Crippen LogP contribution >= 0.6 is 11.6 Å². The third-order valence-corrected chi connectivity index (χ3v) is 9.07. The zero-order valence-electron chi connectivity index (χ0n) is 21.2. The lowest BCUT2D eigenvalue weighted by Gasteiger charge is -2.41. The van der Waals surface area contributed by atoms with Crippen LogP contribution < -0.4 is 4.90 Å². The van der Waals surface area contributed by atoms with Crippen LogP contribution in [-0.4, -0.2) is 69.3 Å². The van der Waals surface area contributed by atoms with Gasteiger partial charge in [0.25, 0.3) is 5.91 Å². The van der Waals surface area contributed by atoms with E-state index in [-0.39, 0.29) is 25.0 Å². The smallest absolute Gasteiger partial charge is 0.310 e. The van der Waals surface area contributed by atoms with Gasteiger partial charge < -0.3 is 24.7 Å². The number of benzene rings is 1. The van der Waals surface area contributed by atoms with Gasteiger partial charge in [-0.15, -0.1) is 6.58 Å². The van der Waals surface area contributed by atoms with E-state index in [0.29, 0.717) is 23.6 Å². The van der Waals surface area contributed by atoms with Crippen LogP contribution in [-0.2, 0) is 19.1 Å². The number of aliphatic hydroxyl groups is 1. The number of halogens is 1. The first-order chi connectivity index (χ1) is 17.0. The van der Waals surface area contributed by atoms with Gasteiger partial charge in [-0.05, 0) is 49.4 Å². The fraction of sp³-hybridized carbons (Fsp3) is 0.593. The Balaban J connectivity index is 1.90. The maximum Gasteiger partial charge on any atom is 0.310 e. The Morgan fingerprint density at radius 1 is 1.36 bits per heavy atom. The highest BCUT2D eigenvalue weighted by atomic mass is 35.5. The van der Waals surface area contributed by atoms with Gasteiger partial charge in [0.05, 0.1) is 24.2 Å². The molecule has 2 amide bonds. The zero-order chi connectivity index (χ0) is 26.6. The lowest BCUT2D eigenvalue weighted by Crippen LogP contribution is -2.60. The highest BCUT2D eigenvalue weighted by Crippen LogP contribution is 2.65. The monoisotopic (exact) mass is 518 g/mol. The lowest BCUT2D eigenvalue weighted by molar-refractivity contribution is -0.158. The van der Waals surface area contributed by atoms with E-state index in [1.807, 2.05) is 20.8 Å². The van der Waals surface area contributed by atoms with Crippen molar-refractivity contribution in [1.82, 2.24) is 4.90 Å². The molecule has 8 atom stereocenters. The van der Waals surface area contributed by atoms with Crippen LogP contribution in [0.15, 0.2) is 36.9 Å². The fourth-order valence-electron chi connectivity index (χ4n) is 6.72. The molecule has 2 bridgehead atoms. The second-order valence-electron chi connectivity index (χ2n) is 10.6. The van der Waals surface area contributed by atoms with Gasteiger partial charge >= 0.3 is 5.97 Å². The van der Waals surface area contributed by atoms with Crippen molar-refractivity contribution < 1.29 is 29.3 Å². The number of carboxylic acid groups (broad SMARTS) is 1. The molecule has 4 rings (SSSR count). The van der Waals surface area contributed by atoms with Gasteiger partial charge in [-0.3, -0.25) is 14.4 Å². The number of ether oxygens (including phenoxy) is 1. The van der Waals surface area contributed by atoms with Gasteiger partial charge in [0.2, 0.25) is 5.91 Å². The van der Waals surface area contributed by atoms with E-state index in [0.717, 1.165) is 0 Å². The van der Waals surface area contributed by atoms with Crippen LogP contribution in [0.5, 0.6) is 0 Å². The van der Waals surface area contributed by atoms with Gasteiger partial charge in [0.15, 0.2) is 0 Å². The van der Waals surface area contributed by atoms with E-state index >= 15 is 0 Å². The molecule has 0 radical (unpaired) electrons. The van der Waals surface area contributed by atoms with Crippen molar-refractivity contribution in [1.29, 1.82) is 0 Å². The maximum absolute atomic E-state index is 14.5. The first kappa shape index (κ1) is 26.6. The number of fused-ring (bicyclic) bond motifs is 1. The van der Waals surface area contributed by atoms with E-state index in [4.69, 9.17) is 16.3 Å². The minimum absolute atomic E-state index is 0.124. The molecule has 3 fully saturated rings. The van der Waals surface area contributed by atoms with Crippen molar-refractivity contribution in [3.63, 3.8) is 0 Å². The molecular formula is C27H35ClN2O6. The molecule has 1 spiro atoms. The third-order valence-electron chi connectivity index (χ3n) is 8.81. The number of aliphatic hydroxyl groups excluding tert-OH is 1. The number of rotatable bonds is 9. The SMILES string of the molecule is C=CCN(C(=O)C1N([C@@H](CO)[C@@H](C)CC)C(=O)[C@@H]2[C@@H](C(=O)O)[C@]3(C)OC12CC3C)c1ccc(Cl)cc1. The first-order valence-electron chi connectivity index (χ1n) is 12.5. The lowest BCUT2D eigenvalue weighted by atomic mass is 9.62. The number of likely N-dealkylation sites (tertiary alicyclic amines) is 1. The van der Waals surface area contributed by atoms with Crippen LogP contribution in [0, 0.1) is 23.7 Å². The Hall–Kier alpha value is -2.42. The molecule has 0 saturated carbocycles. The molecule has 36 heavy (non-hydrogen) atoms. The summed E-state index contributed by atoms with van der Waals surface area (Å²) in [5.41, 5.74) is -1.81. The van der Waals surface area contributed by atoms with Gasteiger partial charge in [0, 0.05) is 17.3 Å². The molecule has 2 N–H and O–H groups in total. The molecular weight excluding hydrogens is 484 g/mol. The van der Waals surface area contributed by atoms with E-state index < -0.39 is 52.9 Å². The highest BCUT2D eigenvalue weighted by molar-refractivity contribution is 6.30. The molecule has 1 aromatic rings. The summed E-state index contributed by atoms with van der Waals surface area (Å²) in [4.78, 5) is 44.0. The molecule has 8 nitrogen and oxygen atoms in total. The number of hydrogen-bond donors (Lipinski definition) is 2. The van der Waals surface area contributed by atoms with E-state index in [9.17, 15) is 24.6 Å². The van der Waals surface area contributed by atoms with Crippen LogP contribution in [0.4, 0.5) is 5.69 Å². The van der Waals surface area contributed by atoms with Crippen LogP contribution in [0.1, 0.15) is 40.5 Å². The van der Waals surface area contributed by atoms with Crippen molar-refractivity contribution in [3.8, 4) is 0 Å². The van der Waals surface area contributed by atoms with Gasteiger partial charge in [0.1, 0.15) is 17.6 Å². The number of amides is 2. The minimum Gasteiger partial charge on any atom is -0.481 e. The number of anilines is 1. The van der Waals surface area contributed by atoms with Crippen LogP contribution in [0.25, 0.3) is 0 Å². The number of hydrogen-bond acceptors (Lipinski definition) is 5. The van der Waals surface area contributed by atoms with Crippen LogP contribution in [0.2, 0.25) is 5.02 Å². The second-order valence-corrected chi connectivity index (χ2v) is 11.1. The number of nitrogens with zero attached hydrogens (tertiary/aromatic N) is 2. The molecule has 3 aliphatic heterocycles. The van der Waals surface area contributed by atoms with E-state index in [1.165, 1.54) is 9.80 Å². The Labute approximate surface area is 216 Å². The Kier molecular flexibility index (Phi) is 7.01. The molecule has 3 saturated heterocycles. The fourth-order valence-corrected chi connectivity index (χ4v) is 6.85. The van der Waals surface area contributed by atoms with Crippen molar-refractivity contribution in [2.24, 2.45) is 23.7 Å². The summed E-state index contributed by atoms with van der Waals surface area (Å²) < 4.78 is 6.56. The maximum atomic E-state index is 14.5. The van der Waals surface area contributed by atoms with Gasteiger partial charge in [-0.1, -0.05) is 44.9 Å². The molecule has 3 aliphatic rings. The second kappa shape index (κ2) is 9.47. The average molecular weight is 519 g/mol. The van der Waals surface area contributed by atoms with Crippen molar-refractivity contribution >= 4 is 35.1 Å². The summed E-state index contributed by atoms with van der Waals surface area (Å²) in [6.45, 7) is 11.1. The molecule has 1 aromatic carbocycles. The summed E-state index contributed by atoms with van der Waals surface area (Å²) in [5, 5.41) is 21.1. The van der Waals surface area contributed by atoms with Gasteiger partial charge in [-0.2, -0.15) is 0 Å². The average Bonchev–Trinajstić information content (AvgIpc) is 3.35. The predicted octanol–water partition coefficient (Wildman–Crippen LogP) is 3.36. The molecule has 9 heteroatoms. The molecule has 0 aliphatic carbocycles. The summed E-state index contributed by atoms with van der Waals surface area (Å²) in [7, 11) is 0. The Morgan fingerprint density at radius 3 is 2.53 bits per heavy atom. The standard InChI is InChI=1S/C27H35ClN2O6/c1-6-12-29(18-10-8-17(28)9-11-18)24(33)22-27-13-16(4)26(5,36-27)21(25(34)35)20(27)23(32)30(22)19(14-31)15(3)7-2/h6,8-11,15-16,19-22,31H,1,7,12-14H2,2-5H3,(H,34,35)/t15-,16?,19-,20-,21-,22?,26+,27?/m0/s1. The van der Waals surface area contributed by atoms with Crippen molar-refractivity contribution in [2.45, 2.75) is 63.8 Å². The molecule has 3 heterocycles. The molecule has 0 aromatic heterocycles. The summed E-state index contributed by atoms with van der Waals surface area (Å²) >= 11 is 6.07. The van der Waals surface area contributed by atoms with Gasteiger partial charge in [-0.25, -0.2) is 0 Å². The van der Waals surface area contributed by atoms with E-state index in [2.05, 4.69) is 6.58 Å². The normalized spacial score (nSPS) is 34.4. The molecule has 3 unspecified atom stereocenters. The largest absolute Gasteiger partial charge is 0.481 e. The van der Waals surface area contributed by atoms with Crippen LogP contribution in [0.3, 0.4) is 0 Å². The summed E-state index contributed by atoms with van der Waals surface area (Å²) in [6.07, 6.45) is 2.63. The van der Waals surface area contributed by atoms with Crippen molar-refractivity contribution in [2.75, 3.05) is 18.1 Å². The Bertz CT molecular complexity index is 1060. The predicted molar refractivity (Wildman–Crippen MR) is 136 cm³/mol. The third kappa shape index (κ3) is 3.68. The minimum atomic E-state index is -1.31. The van der Waals surface area contributed by atoms with E-state index in [1.54, 1.807) is 37.3 Å².